The van der Waals surface area contributed by atoms with Gasteiger partial charge in [0.15, 0.2) is 0 Å². The number of benzene rings is 1. The summed E-state index contributed by atoms with van der Waals surface area (Å²) in [5, 5.41) is 12.0. The molecule has 0 aliphatic carbocycles. The van der Waals surface area contributed by atoms with Crippen LogP contribution in [0.4, 0.5) is 5.69 Å². The zero-order valence-electron chi connectivity index (χ0n) is 9.72. The van der Waals surface area contributed by atoms with Crippen molar-refractivity contribution in [1.29, 1.82) is 0 Å². The maximum atomic E-state index is 10.9. The van der Waals surface area contributed by atoms with E-state index in [1.807, 2.05) is 24.3 Å². The summed E-state index contributed by atoms with van der Waals surface area (Å²) in [5.74, 6) is 0.00174. The summed E-state index contributed by atoms with van der Waals surface area (Å²) >= 11 is 0. The minimum Gasteiger partial charge on any atom is -0.497 e. The molecule has 2 N–H and O–H groups in total. The first-order valence-corrected chi connectivity index (χ1v) is 5.56. The van der Waals surface area contributed by atoms with Crippen molar-refractivity contribution in [3.8, 4) is 5.75 Å². The summed E-state index contributed by atoms with van der Waals surface area (Å²) in [6, 6.07) is 7.16. The Labute approximate surface area is 100.0 Å². The Morgan fingerprint density at radius 3 is 2.76 bits per heavy atom. The van der Waals surface area contributed by atoms with Crippen molar-refractivity contribution in [3.05, 3.63) is 24.3 Å². The maximum absolute atomic E-state index is 10.9. The highest BCUT2D eigenvalue weighted by Gasteiger charge is 2.24. The van der Waals surface area contributed by atoms with Crippen molar-refractivity contribution in [2.75, 3.05) is 31.6 Å². The lowest BCUT2D eigenvalue weighted by atomic mass is 10.2. The highest BCUT2D eigenvalue weighted by atomic mass is 16.5. The Kier molecular flexibility index (Phi) is 3.49. The highest BCUT2D eigenvalue weighted by Crippen LogP contribution is 2.20. The smallest absolute Gasteiger partial charge is 0.322 e. The second kappa shape index (κ2) is 5.05. The van der Waals surface area contributed by atoms with Gasteiger partial charge in [-0.3, -0.25) is 4.79 Å². The van der Waals surface area contributed by atoms with Gasteiger partial charge in [0.25, 0.3) is 0 Å². The van der Waals surface area contributed by atoms with Crippen LogP contribution in [0, 0.1) is 0 Å². The summed E-state index contributed by atoms with van der Waals surface area (Å²) in [5.41, 5.74) is 1.03. The molecule has 0 bridgehead atoms. The maximum Gasteiger partial charge on any atom is 0.322 e. The second-order valence-electron chi connectivity index (χ2n) is 3.99. The Balaban J connectivity index is 2.08. The molecule has 0 spiro atoms. The van der Waals surface area contributed by atoms with Gasteiger partial charge in [-0.1, -0.05) is 0 Å². The molecule has 1 saturated heterocycles. The van der Waals surface area contributed by atoms with Gasteiger partial charge in [0, 0.05) is 25.3 Å². The molecule has 0 amide bonds. The van der Waals surface area contributed by atoms with Crippen LogP contribution >= 0.6 is 0 Å². The average molecular weight is 236 g/mol. The van der Waals surface area contributed by atoms with Gasteiger partial charge in [0.05, 0.1) is 7.11 Å². The number of anilines is 1. The number of nitrogens with one attached hydrogen (secondary N) is 1. The molecule has 2 rings (SSSR count). The summed E-state index contributed by atoms with van der Waals surface area (Å²) in [4.78, 5) is 13.0. The molecule has 1 atom stereocenters. The largest absolute Gasteiger partial charge is 0.497 e. The van der Waals surface area contributed by atoms with Gasteiger partial charge >= 0.3 is 5.97 Å². The predicted molar refractivity (Wildman–Crippen MR) is 64.6 cm³/mol. The minimum atomic E-state index is -0.803. The van der Waals surface area contributed by atoms with Gasteiger partial charge in [-0.2, -0.15) is 0 Å². The van der Waals surface area contributed by atoms with Gasteiger partial charge < -0.3 is 20.1 Å². The Hall–Kier alpha value is -1.75. The number of methoxy groups -OCH3 is 1. The SMILES string of the molecule is COc1ccc(N2CCNC(C(=O)O)C2)cc1. The third-order valence-corrected chi connectivity index (χ3v) is 2.91. The van der Waals surface area contributed by atoms with E-state index in [4.69, 9.17) is 9.84 Å². The zero-order valence-corrected chi connectivity index (χ0v) is 9.72. The molecule has 92 valence electrons. The number of nitrogens with zero attached hydrogens (tertiary/aromatic N) is 1. The van der Waals surface area contributed by atoms with Crippen molar-refractivity contribution in [2.24, 2.45) is 0 Å². The molecule has 0 radical (unpaired) electrons. The summed E-state index contributed by atoms with van der Waals surface area (Å²) in [6.07, 6.45) is 0. The molecule has 1 aliphatic heterocycles. The van der Waals surface area contributed by atoms with E-state index in [0.717, 1.165) is 18.0 Å². The molecule has 0 aromatic heterocycles. The number of carboxylic acid groups (broad SMARTS) is 1. The molecule has 1 unspecified atom stereocenters. The Bertz CT molecular complexity index is 391. The molecule has 1 aromatic carbocycles. The molecule has 5 nitrogen and oxygen atoms in total. The lowest BCUT2D eigenvalue weighted by molar-refractivity contribution is -0.139. The molecular weight excluding hydrogens is 220 g/mol. The van der Waals surface area contributed by atoms with Crippen LogP contribution in [0.15, 0.2) is 24.3 Å². The average Bonchev–Trinajstić information content (AvgIpc) is 2.39. The third-order valence-electron chi connectivity index (χ3n) is 2.91. The first kappa shape index (κ1) is 11.7. The van der Waals surface area contributed by atoms with Crippen molar-refractivity contribution in [1.82, 2.24) is 5.32 Å². The first-order chi connectivity index (χ1) is 8.20. The highest BCUT2D eigenvalue weighted by molar-refractivity contribution is 5.75. The van der Waals surface area contributed by atoms with Gasteiger partial charge in [-0.15, -0.1) is 0 Å². The second-order valence-corrected chi connectivity index (χ2v) is 3.99. The van der Waals surface area contributed by atoms with E-state index in [0.29, 0.717) is 13.1 Å². The topological polar surface area (TPSA) is 61.8 Å². The third kappa shape index (κ3) is 2.68. The summed E-state index contributed by atoms with van der Waals surface area (Å²) in [6.45, 7) is 1.99. The van der Waals surface area contributed by atoms with Crippen LogP contribution in [0.5, 0.6) is 5.75 Å². The summed E-state index contributed by atoms with van der Waals surface area (Å²) < 4.78 is 5.09. The summed E-state index contributed by atoms with van der Waals surface area (Å²) in [7, 11) is 1.63. The van der Waals surface area contributed by atoms with E-state index in [2.05, 4.69) is 10.2 Å². The van der Waals surface area contributed by atoms with Crippen molar-refractivity contribution in [2.45, 2.75) is 6.04 Å². The first-order valence-electron chi connectivity index (χ1n) is 5.56. The molecule has 1 heterocycles. The fraction of sp³-hybridized carbons (Fsp3) is 0.417. The number of hydrogen-bond acceptors (Lipinski definition) is 4. The number of carboxylic acids is 1. The molecule has 0 saturated carbocycles. The number of carbonyl (C=O) groups is 1. The van der Waals surface area contributed by atoms with Crippen LogP contribution in [0.3, 0.4) is 0 Å². The molecule has 5 heteroatoms. The van der Waals surface area contributed by atoms with E-state index in [-0.39, 0.29) is 0 Å². The number of aliphatic carboxylic acids is 1. The fourth-order valence-corrected chi connectivity index (χ4v) is 1.94. The lowest BCUT2D eigenvalue weighted by Gasteiger charge is -2.33. The molecule has 1 aromatic rings. The van der Waals surface area contributed by atoms with Crippen LogP contribution in [-0.2, 0) is 4.79 Å². The number of rotatable bonds is 3. The molecule has 1 fully saturated rings. The van der Waals surface area contributed by atoms with E-state index < -0.39 is 12.0 Å². The standard InChI is InChI=1S/C12H16N2O3/c1-17-10-4-2-9(3-5-10)14-7-6-13-11(8-14)12(15)16/h2-5,11,13H,6-8H2,1H3,(H,15,16). The van der Waals surface area contributed by atoms with Crippen LogP contribution in [0.2, 0.25) is 0 Å². The van der Waals surface area contributed by atoms with E-state index in [1.165, 1.54) is 0 Å². The number of ether oxygens (including phenoxy) is 1. The number of hydrogen-bond donors (Lipinski definition) is 2. The quantitative estimate of drug-likeness (QED) is 0.803. The van der Waals surface area contributed by atoms with E-state index >= 15 is 0 Å². The fourth-order valence-electron chi connectivity index (χ4n) is 1.94. The Morgan fingerprint density at radius 2 is 2.18 bits per heavy atom. The van der Waals surface area contributed by atoms with E-state index in [9.17, 15) is 4.79 Å². The van der Waals surface area contributed by atoms with Crippen molar-refractivity contribution >= 4 is 11.7 Å². The lowest BCUT2D eigenvalue weighted by Crippen LogP contribution is -2.54. The molecule has 1 aliphatic rings. The van der Waals surface area contributed by atoms with E-state index in [1.54, 1.807) is 7.11 Å². The van der Waals surface area contributed by atoms with Gasteiger partial charge in [-0.25, -0.2) is 0 Å². The minimum absolute atomic E-state index is 0.488. The number of piperazine rings is 1. The van der Waals surface area contributed by atoms with Gasteiger partial charge in [-0.05, 0) is 24.3 Å². The van der Waals surface area contributed by atoms with Crippen LogP contribution in [0.25, 0.3) is 0 Å². The van der Waals surface area contributed by atoms with Gasteiger partial charge in [0.1, 0.15) is 11.8 Å². The van der Waals surface area contributed by atoms with Crippen molar-refractivity contribution in [3.63, 3.8) is 0 Å². The molecule has 17 heavy (non-hydrogen) atoms. The Morgan fingerprint density at radius 1 is 1.47 bits per heavy atom. The van der Waals surface area contributed by atoms with Gasteiger partial charge in [0.2, 0.25) is 0 Å². The normalized spacial score (nSPS) is 20.1. The zero-order chi connectivity index (χ0) is 12.3. The monoisotopic (exact) mass is 236 g/mol. The van der Waals surface area contributed by atoms with Crippen LogP contribution < -0.4 is 15.0 Å². The van der Waals surface area contributed by atoms with Crippen molar-refractivity contribution < 1.29 is 14.6 Å². The van der Waals surface area contributed by atoms with Crippen LogP contribution in [0.1, 0.15) is 0 Å². The van der Waals surface area contributed by atoms with Crippen LogP contribution in [-0.4, -0.2) is 43.9 Å². The molecular formula is C12H16N2O3. The predicted octanol–water partition coefficient (Wildman–Crippen LogP) is 0.558.